The summed E-state index contributed by atoms with van der Waals surface area (Å²) in [5.41, 5.74) is 2.89. The fourth-order valence-electron chi connectivity index (χ4n) is 1.51. The molecular formula is C12H18N6OS. The molecule has 0 amide bonds. The molecule has 2 rings (SSSR count). The molecule has 2 aromatic rings. The summed E-state index contributed by atoms with van der Waals surface area (Å²) < 4.78 is 5.07. The summed E-state index contributed by atoms with van der Waals surface area (Å²) in [5.74, 6) is 1.03. The van der Waals surface area contributed by atoms with Crippen LogP contribution in [0.25, 0.3) is 0 Å². The number of methoxy groups -OCH3 is 1. The average molecular weight is 294 g/mol. The predicted molar refractivity (Wildman–Crippen MR) is 79.5 cm³/mol. The highest BCUT2D eigenvalue weighted by molar-refractivity contribution is 7.07. The van der Waals surface area contributed by atoms with Gasteiger partial charge in [-0.05, 0) is 6.42 Å². The first kappa shape index (κ1) is 14.4. The molecule has 0 bridgehead atoms. The molecule has 0 saturated heterocycles. The minimum atomic E-state index is 0.301. The number of ether oxygens (including phenoxy) is 1. The highest BCUT2D eigenvalue weighted by Crippen LogP contribution is 2.11. The van der Waals surface area contributed by atoms with Gasteiger partial charge in [0.1, 0.15) is 0 Å². The number of hydrogen-bond donors (Lipinski definition) is 2. The fraction of sp³-hybridized carbons (Fsp3) is 0.500. The lowest BCUT2D eigenvalue weighted by atomic mass is 10.3. The summed E-state index contributed by atoms with van der Waals surface area (Å²) in [6, 6.07) is 0.301. The van der Waals surface area contributed by atoms with Crippen molar-refractivity contribution in [3.63, 3.8) is 0 Å². The quantitative estimate of drug-likeness (QED) is 0.768. The molecule has 0 spiro atoms. The molecule has 0 aliphatic rings. The van der Waals surface area contributed by atoms with Crippen molar-refractivity contribution in [3.05, 3.63) is 16.6 Å². The van der Waals surface area contributed by atoms with Gasteiger partial charge in [0, 0.05) is 24.9 Å². The van der Waals surface area contributed by atoms with Crippen LogP contribution in [0.2, 0.25) is 0 Å². The van der Waals surface area contributed by atoms with Gasteiger partial charge in [-0.2, -0.15) is 15.0 Å². The van der Waals surface area contributed by atoms with Gasteiger partial charge < -0.3 is 15.4 Å². The Morgan fingerprint density at radius 1 is 1.15 bits per heavy atom. The minimum Gasteiger partial charge on any atom is -0.467 e. The summed E-state index contributed by atoms with van der Waals surface area (Å²) in [7, 11) is 1.54. The zero-order chi connectivity index (χ0) is 14.2. The Morgan fingerprint density at radius 2 is 1.90 bits per heavy atom. The Labute approximate surface area is 121 Å². The molecule has 0 aliphatic heterocycles. The summed E-state index contributed by atoms with van der Waals surface area (Å²) in [6.07, 6.45) is 1.83. The molecule has 20 heavy (non-hydrogen) atoms. The first-order valence-electron chi connectivity index (χ1n) is 6.46. The SMILES string of the molecule is CCCNc1nc(NCCc2cscn2)nc(OC)n1. The van der Waals surface area contributed by atoms with Crippen molar-refractivity contribution in [2.45, 2.75) is 19.8 Å². The number of nitrogens with one attached hydrogen (secondary N) is 2. The van der Waals surface area contributed by atoms with Crippen molar-refractivity contribution in [3.8, 4) is 6.01 Å². The van der Waals surface area contributed by atoms with Crippen molar-refractivity contribution in [1.29, 1.82) is 0 Å². The fourth-order valence-corrected chi connectivity index (χ4v) is 2.10. The van der Waals surface area contributed by atoms with Gasteiger partial charge in [0.05, 0.1) is 18.3 Å². The maximum absolute atomic E-state index is 5.07. The predicted octanol–water partition coefficient (Wildman–Crippen LogP) is 1.81. The van der Waals surface area contributed by atoms with E-state index >= 15 is 0 Å². The molecule has 7 nitrogen and oxygen atoms in total. The Kier molecular flexibility index (Phi) is 5.48. The zero-order valence-corrected chi connectivity index (χ0v) is 12.4. The molecule has 108 valence electrons. The van der Waals surface area contributed by atoms with Crippen LogP contribution in [0.4, 0.5) is 11.9 Å². The standard InChI is InChI=1S/C12H18N6OS/c1-3-5-13-10-16-11(18-12(17-10)19-2)14-6-4-9-7-20-8-15-9/h7-8H,3-6H2,1-2H3,(H2,13,14,16,17,18). The largest absolute Gasteiger partial charge is 0.467 e. The lowest BCUT2D eigenvalue weighted by Crippen LogP contribution is -2.12. The van der Waals surface area contributed by atoms with E-state index in [4.69, 9.17) is 4.74 Å². The lowest BCUT2D eigenvalue weighted by Gasteiger charge is -2.08. The van der Waals surface area contributed by atoms with Gasteiger partial charge in [-0.3, -0.25) is 0 Å². The number of anilines is 2. The third-order valence-electron chi connectivity index (χ3n) is 2.48. The van der Waals surface area contributed by atoms with E-state index in [0.29, 0.717) is 24.5 Å². The van der Waals surface area contributed by atoms with Crippen molar-refractivity contribution in [1.82, 2.24) is 19.9 Å². The van der Waals surface area contributed by atoms with Gasteiger partial charge in [-0.25, -0.2) is 4.98 Å². The molecule has 8 heteroatoms. The molecule has 0 fully saturated rings. The van der Waals surface area contributed by atoms with Crippen LogP contribution in [-0.2, 0) is 6.42 Å². The molecule has 0 aliphatic carbocycles. The van der Waals surface area contributed by atoms with Gasteiger partial charge in [-0.1, -0.05) is 6.92 Å². The molecule has 0 saturated carbocycles. The third-order valence-corrected chi connectivity index (χ3v) is 3.11. The number of hydrogen-bond acceptors (Lipinski definition) is 8. The molecular weight excluding hydrogens is 276 g/mol. The second-order valence-electron chi connectivity index (χ2n) is 4.05. The summed E-state index contributed by atoms with van der Waals surface area (Å²) in [5, 5.41) is 8.31. The van der Waals surface area contributed by atoms with Crippen LogP contribution in [0.1, 0.15) is 19.0 Å². The molecule has 2 aromatic heterocycles. The smallest absolute Gasteiger partial charge is 0.322 e. The maximum atomic E-state index is 5.07. The van der Waals surface area contributed by atoms with Gasteiger partial charge in [0.15, 0.2) is 0 Å². The van der Waals surface area contributed by atoms with Crippen molar-refractivity contribution in [2.75, 3.05) is 30.8 Å². The van der Waals surface area contributed by atoms with E-state index < -0.39 is 0 Å². The molecule has 2 N–H and O–H groups in total. The van der Waals surface area contributed by atoms with Gasteiger partial charge in [0.2, 0.25) is 11.9 Å². The van der Waals surface area contributed by atoms with E-state index in [2.05, 4.69) is 37.5 Å². The molecule has 0 atom stereocenters. The highest BCUT2D eigenvalue weighted by Gasteiger charge is 2.06. The maximum Gasteiger partial charge on any atom is 0.322 e. The van der Waals surface area contributed by atoms with E-state index in [1.165, 1.54) is 7.11 Å². The van der Waals surface area contributed by atoms with Gasteiger partial charge in [0.25, 0.3) is 0 Å². The normalized spacial score (nSPS) is 10.3. The summed E-state index contributed by atoms with van der Waals surface area (Å²) in [6.45, 7) is 3.61. The van der Waals surface area contributed by atoms with Gasteiger partial charge in [-0.15, -0.1) is 11.3 Å². The Morgan fingerprint density at radius 3 is 2.50 bits per heavy atom. The number of nitrogens with zero attached hydrogens (tertiary/aromatic N) is 4. The first-order chi connectivity index (χ1) is 9.81. The second kappa shape index (κ2) is 7.59. The van der Waals surface area contributed by atoms with Crippen LogP contribution in [-0.4, -0.2) is 40.1 Å². The van der Waals surface area contributed by atoms with E-state index in [0.717, 1.165) is 25.1 Å². The van der Waals surface area contributed by atoms with Crippen LogP contribution >= 0.6 is 11.3 Å². The molecule has 0 unspecified atom stereocenters. The van der Waals surface area contributed by atoms with Crippen molar-refractivity contribution < 1.29 is 4.74 Å². The Hall–Kier alpha value is -1.96. The van der Waals surface area contributed by atoms with Crippen LogP contribution < -0.4 is 15.4 Å². The topological polar surface area (TPSA) is 84.9 Å². The van der Waals surface area contributed by atoms with Crippen LogP contribution in [0.5, 0.6) is 6.01 Å². The summed E-state index contributed by atoms with van der Waals surface area (Å²) >= 11 is 1.59. The Bertz CT molecular complexity index is 519. The van der Waals surface area contributed by atoms with E-state index in [1.807, 2.05) is 10.9 Å². The minimum absolute atomic E-state index is 0.301. The molecule has 0 aromatic carbocycles. The van der Waals surface area contributed by atoms with Crippen LogP contribution in [0, 0.1) is 0 Å². The van der Waals surface area contributed by atoms with Gasteiger partial charge >= 0.3 is 6.01 Å². The number of thiazole rings is 1. The second-order valence-corrected chi connectivity index (χ2v) is 4.77. The van der Waals surface area contributed by atoms with E-state index in [9.17, 15) is 0 Å². The monoisotopic (exact) mass is 294 g/mol. The highest BCUT2D eigenvalue weighted by atomic mass is 32.1. The van der Waals surface area contributed by atoms with Crippen molar-refractivity contribution >= 4 is 23.2 Å². The number of rotatable bonds is 8. The number of aromatic nitrogens is 4. The Balaban J connectivity index is 1.94. The van der Waals surface area contributed by atoms with E-state index in [-0.39, 0.29) is 0 Å². The van der Waals surface area contributed by atoms with Crippen LogP contribution in [0.15, 0.2) is 10.9 Å². The zero-order valence-electron chi connectivity index (χ0n) is 11.6. The average Bonchev–Trinajstić information content (AvgIpc) is 2.98. The molecule has 2 heterocycles. The van der Waals surface area contributed by atoms with E-state index in [1.54, 1.807) is 11.3 Å². The first-order valence-corrected chi connectivity index (χ1v) is 7.41. The van der Waals surface area contributed by atoms with Crippen LogP contribution in [0.3, 0.4) is 0 Å². The summed E-state index contributed by atoms with van der Waals surface area (Å²) in [4.78, 5) is 16.8. The lowest BCUT2D eigenvalue weighted by molar-refractivity contribution is 0.379. The third kappa shape index (κ3) is 4.30. The molecule has 0 radical (unpaired) electrons. The van der Waals surface area contributed by atoms with Crippen molar-refractivity contribution in [2.24, 2.45) is 0 Å².